The van der Waals surface area contributed by atoms with Gasteiger partial charge in [-0.1, -0.05) is 32.1 Å². The number of ether oxygens (including phenoxy) is 3. The molecule has 39 heavy (non-hydrogen) atoms. The molecule has 0 bridgehead atoms. The first-order valence-electron chi connectivity index (χ1n) is 13.3. The number of methoxy groups -OCH3 is 3. The number of aromatic nitrogens is 1. The number of carbonyl (C=O) groups excluding carboxylic acids is 3. The summed E-state index contributed by atoms with van der Waals surface area (Å²) in [7, 11) is 4.51. The van der Waals surface area contributed by atoms with Gasteiger partial charge in [0.05, 0.1) is 27.0 Å². The Bertz CT molecular complexity index is 1180. The monoisotopic (exact) mass is 559 g/mol. The Morgan fingerprint density at radius 1 is 0.974 bits per heavy atom. The molecule has 2 aliphatic carbocycles. The summed E-state index contributed by atoms with van der Waals surface area (Å²) in [6.45, 7) is 0. The summed E-state index contributed by atoms with van der Waals surface area (Å²) in [5.41, 5.74) is 11.9. The predicted molar refractivity (Wildman–Crippen MR) is 147 cm³/mol. The minimum atomic E-state index is -1.02. The first kappa shape index (κ1) is 28.5. The van der Waals surface area contributed by atoms with Crippen LogP contribution < -0.4 is 31.0 Å². The highest BCUT2D eigenvalue weighted by molar-refractivity contribution is 7.09. The number of nitrogen functional groups attached to an aromatic ring is 1. The maximum Gasteiger partial charge on any atom is 0.270 e. The van der Waals surface area contributed by atoms with E-state index in [1.165, 1.54) is 21.3 Å². The lowest BCUT2D eigenvalue weighted by Crippen LogP contribution is -2.50. The fraction of sp³-hybridized carbons (Fsp3) is 0.556. The molecule has 2 saturated carbocycles. The minimum absolute atomic E-state index is 0.0197. The van der Waals surface area contributed by atoms with Gasteiger partial charge in [-0.05, 0) is 54.9 Å². The second kappa shape index (κ2) is 12.5. The third-order valence-corrected chi connectivity index (χ3v) is 8.44. The van der Waals surface area contributed by atoms with E-state index in [2.05, 4.69) is 9.69 Å². The van der Waals surface area contributed by atoms with Crippen LogP contribution in [0.15, 0.2) is 12.1 Å². The van der Waals surface area contributed by atoms with E-state index in [4.69, 9.17) is 25.7 Å². The van der Waals surface area contributed by atoms with Gasteiger partial charge in [0.1, 0.15) is 10.9 Å². The van der Waals surface area contributed by atoms with Crippen molar-refractivity contribution in [3.63, 3.8) is 0 Å². The molecule has 2 aliphatic rings. The molecule has 11 nitrogen and oxygen atoms in total. The largest absolute Gasteiger partial charge is 0.493 e. The summed E-state index contributed by atoms with van der Waals surface area (Å²) in [6, 6.07) is 2.18. The van der Waals surface area contributed by atoms with Crippen molar-refractivity contribution in [3.05, 3.63) is 28.3 Å². The topological polar surface area (TPSA) is 159 Å². The second-order valence-corrected chi connectivity index (χ2v) is 10.8. The minimum Gasteiger partial charge on any atom is -0.493 e. The molecule has 1 heterocycles. The van der Waals surface area contributed by atoms with Crippen molar-refractivity contribution in [3.8, 4) is 17.2 Å². The number of amides is 3. The zero-order chi connectivity index (χ0) is 28.1. The van der Waals surface area contributed by atoms with E-state index in [1.807, 2.05) is 0 Å². The molecule has 2 fully saturated rings. The lowest BCUT2D eigenvalue weighted by molar-refractivity contribution is -0.127. The highest BCUT2D eigenvalue weighted by Gasteiger charge is 2.41. The second-order valence-electron chi connectivity index (χ2n) is 9.99. The van der Waals surface area contributed by atoms with E-state index in [0.717, 1.165) is 69.3 Å². The van der Waals surface area contributed by atoms with Crippen molar-refractivity contribution in [1.29, 1.82) is 0 Å². The first-order valence-corrected chi connectivity index (χ1v) is 14.1. The van der Waals surface area contributed by atoms with Crippen molar-refractivity contribution in [2.45, 2.75) is 75.9 Å². The maximum atomic E-state index is 14.2. The Labute approximate surface area is 232 Å². The molecular formula is C27H37N5O6S. The SMILES string of the molecule is COc1cc(C(C(=O)NC2CCCCC2)N(C(=O)c2snc(C(N)=O)c2N)C2CCCC2)cc(OC)c1OC. The molecule has 1 unspecified atom stereocenters. The number of hydrogen-bond acceptors (Lipinski definition) is 9. The summed E-state index contributed by atoms with van der Waals surface area (Å²) in [6.07, 6.45) is 8.29. The van der Waals surface area contributed by atoms with Gasteiger partial charge in [-0.15, -0.1) is 0 Å². The van der Waals surface area contributed by atoms with Crippen LogP contribution in [0, 0.1) is 0 Å². The summed E-state index contributed by atoms with van der Waals surface area (Å²) in [5, 5.41) is 3.21. The zero-order valence-corrected chi connectivity index (χ0v) is 23.5. The van der Waals surface area contributed by atoms with Crippen LogP contribution in [0.25, 0.3) is 0 Å². The van der Waals surface area contributed by atoms with E-state index in [0.29, 0.717) is 22.8 Å². The predicted octanol–water partition coefficient (Wildman–Crippen LogP) is 3.43. The van der Waals surface area contributed by atoms with E-state index in [9.17, 15) is 14.4 Å². The fourth-order valence-electron chi connectivity index (χ4n) is 5.65. The number of benzene rings is 1. The van der Waals surface area contributed by atoms with Gasteiger partial charge in [0.2, 0.25) is 11.7 Å². The zero-order valence-electron chi connectivity index (χ0n) is 22.7. The van der Waals surface area contributed by atoms with Gasteiger partial charge >= 0.3 is 0 Å². The summed E-state index contributed by atoms with van der Waals surface area (Å²) >= 11 is 0.813. The van der Waals surface area contributed by atoms with Crippen LogP contribution >= 0.6 is 11.5 Å². The van der Waals surface area contributed by atoms with Crippen LogP contribution in [-0.2, 0) is 4.79 Å². The molecule has 2 aromatic rings. The van der Waals surface area contributed by atoms with Crippen molar-refractivity contribution >= 4 is 34.9 Å². The number of nitrogens with zero attached hydrogens (tertiary/aromatic N) is 2. The van der Waals surface area contributed by atoms with Crippen LogP contribution in [-0.4, -0.2) is 60.4 Å². The number of hydrogen-bond donors (Lipinski definition) is 3. The van der Waals surface area contributed by atoms with Gasteiger partial charge in [0.15, 0.2) is 17.2 Å². The molecule has 0 radical (unpaired) electrons. The van der Waals surface area contributed by atoms with E-state index < -0.39 is 17.9 Å². The highest BCUT2D eigenvalue weighted by Crippen LogP contribution is 2.43. The first-order chi connectivity index (χ1) is 18.8. The number of rotatable bonds is 10. The van der Waals surface area contributed by atoms with Crippen molar-refractivity contribution < 1.29 is 28.6 Å². The highest BCUT2D eigenvalue weighted by atomic mass is 32.1. The molecule has 1 atom stereocenters. The van der Waals surface area contributed by atoms with E-state index in [1.54, 1.807) is 17.0 Å². The molecule has 5 N–H and O–H groups in total. The normalized spacial score (nSPS) is 16.9. The summed E-state index contributed by atoms with van der Waals surface area (Å²) < 4.78 is 20.7. The smallest absolute Gasteiger partial charge is 0.270 e. The number of anilines is 1. The van der Waals surface area contributed by atoms with Crippen LogP contribution in [0.2, 0.25) is 0 Å². The van der Waals surface area contributed by atoms with Crippen LogP contribution in [0.1, 0.15) is 89.6 Å². The van der Waals surface area contributed by atoms with Gasteiger partial charge in [-0.2, -0.15) is 4.37 Å². The Kier molecular flexibility index (Phi) is 9.16. The third kappa shape index (κ3) is 5.90. The van der Waals surface area contributed by atoms with Crippen LogP contribution in [0.5, 0.6) is 17.2 Å². The van der Waals surface area contributed by atoms with Gasteiger partial charge < -0.3 is 35.9 Å². The number of nitrogens with one attached hydrogen (secondary N) is 1. The molecule has 0 aliphatic heterocycles. The van der Waals surface area contributed by atoms with E-state index >= 15 is 0 Å². The Morgan fingerprint density at radius 3 is 2.08 bits per heavy atom. The number of nitrogens with two attached hydrogens (primary N) is 2. The molecule has 0 saturated heterocycles. The Balaban J connectivity index is 1.85. The lowest BCUT2D eigenvalue weighted by atomic mass is 9.94. The summed E-state index contributed by atoms with van der Waals surface area (Å²) in [4.78, 5) is 41.9. The van der Waals surface area contributed by atoms with Gasteiger partial charge in [-0.25, -0.2) is 0 Å². The molecule has 1 aromatic carbocycles. The average Bonchev–Trinajstić information content (AvgIpc) is 3.61. The molecule has 4 rings (SSSR count). The van der Waals surface area contributed by atoms with Crippen LogP contribution in [0.3, 0.4) is 0 Å². The van der Waals surface area contributed by atoms with Crippen molar-refractivity contribution in [1.82, 2.24) is 14.6 Å². The Morgan fingerprint density at radius 2 is 1.56 bits per heavy atom. The molecule has 0 spiro atoms. The average molecular weight is 560 g/mol. The number of primary amides is 1. The lowest BCUT2D eigenvalue weighted by Gasteiger charge is -2.37. The molecular weight excluding hydrogens is 522 g/mol. The quantitative estimate of drug-likeness (QED) is 0.399. The van der Waals surface area contributed by atoms with Crippen molar-refractivity contribution in [2.24, 2.45) is 5.73 Å². The number of carbonyl (C=O) groups is 3. The van der Waals surface area contributed by atoms with Gasteiger partial charge in [0, 0.05) is 12.1 Å². The molecule has 1 aromatic heterocycles. The van der Waals surface area contributed by atoms with Gasteiger partial charge in [-0.3, -0.25) is 14.4 Å². The third-order valence-electron chi connectivity index (χ3n) is 7.59. The molecule has 12 heteroatoms. The maximum absolute atomic E-state index is 14.2. The van der Waals surface area contributed by atoms with Gasteiger partial charge in [0.25, 0.3) is 11.8 Å². The Hall–Kier alpha value is -3.54. The molecule has 3 amide bonds. The van der Waals surface area contributed by atoms with Crippen molar-refractivity contribution in [2.75, 3.05) is 27.1 Å². The standard InChI is InChI=1S/C27H37N5O6S/c1-36-18-13-15(14-19(37-2)23(18)38-3)22(26(34)30-16-9-5-4-6-10-16)32(17-11-7-8-12-17)27(35)24-20(28)21(25(29)33)31-39-24/h13-14,16-17,22H,4-12,28H2,1-3H3,(H2,29,33)(H,30,34). The fourth-order valence-corrected chi connectivity index (χ4v) is 6.40. The summed E-state index contributed by atoms with van der Waals surface area (Å²) in [5.74, 6) is -0.460. The molecule has 212 valence electrons. The van der Waals surface area contributed by atoms with Crippen LogP contribution in [0.4, 0.5) is 5.69 Å². The van der Waals surface area contributed by atoms with E-state index in [-0.39, 0.29) is 34.2 Å².